The molecule has 0 saturated carbocycles. The summed E-state index contributed by atoms with van der Waals surface area (Å²) in [5.74, 6) is 1.32. The Balaban J connectivity index is 1.72. The summed E-state index contributed by atoms with van der Waals surface area (Å²) in [4.78, 5) is 2.37. The third-order valence-electron chi connectivity index (χ3n) is 3.61. The van der Waals surface area contributed by atoms with Gasteiger partial charge in [-0.25, -0.2) is 0 Å². The van der Waals surface area contributed by atoms with Gasteiger partial charge in [-0.2, -0.15) is 0 Å². The SMILES string of the molecule is Cc1cccc(OCCN2CCC(O)C(C)C2)c1. The Morgan fingerprint density at radius 3 is 3.00 bits per heavy atom. The molecule has 1 aliphatic heterocycles. The second-order valence-corrected chi connectivity index (χ2v) is 5.30. The Hall–Kier alpha value is -1.06. The zero-order chi connectivity index (χ0) is 13.0. The van der Waals surface area contributed by atoms with Crippen molar-refractivity contribution in [1.82, 2.24) is 4.90 Å². The molecular formula is C15H23NO2. The Kier molecular flexibility index (Phi) is 4.61. The first-order valence-electron chi connectivity index (χ1n) is 6.75. The smallest absolute Gasteiger partial charge is 0.119 e. The fourth-order valence-corrected chi connectivity index (χ4v) is 2.42. The molecule has 1 heterocycles. The van der Waals surface area contributed by atoms with Crippen LogP contribution in [0.15, 0.2) is 24.3 Å². The van der Waals surface area contributed by atoms with Crippen molar-refractivity contribution in [2.45, 2.75) is 26.4 Å². The lowest BCUT2D eigenvalue weighted by molar-refractivity contribution is 0.0304. The number of ether oxygens (including phenoxy) is 1. The number of piperidine rings is 1. The number of aliphatic hydroxyl groups is 1. The second kappa shape index (κ2) is 6.21. The van der Waals surface area contributed by atoms with Gasteiger partial charge in [0.2, 0.25) is 0 Å². The van der Waals surface area contributed by atoms with Crippen LogP contribution in [0.3, 0.4) is 0 Å². The molecule has 0 aromatic heterocycles. The molecule has 3 heteroatoms. The number of nitrogens with zero attached hydrogens (tertiary/aromatic N) is 1. The predicted octanol–water partition coefficient (Wildman–Crippen LogP) is 2.08. The van der Waals surface area contributed by atoms with Crippen molar-refractivity contribution in [3.05, 3.63) is 29.8 Å². The van der Waals surface area contributed by atoms with Gasteiger partial charge >= 0.3 is 0 Å². The lowest BCUT2D eigenvalue weighted by Gasteiger charge is -2.34. The van der Waals surface area contributed by atoms with Crippen molar-refractivity contribution in [3.8, 4) is 5.75 Å². The summed E-state index contributed by atoms with van der Waals surface area (Å²) in [5, 5.41) is 9.67. The highest BCUT2D eigenvalue weighted by Crippen LogP contribution is 2.16. The van der Waals surface area contributed by atoms with E-state index in [2.05, 4.69) is 30.9 Å². The number of hydrogen-bond acceptors (Lipinski definition) is 3. The van der Waals surface area contributed by atoms with E-state index in [4.69, 9.17) is 4.74 Å². The molecule has 1 aromatic carbocycles. The van der Waals surface area contributed by atoms with E-state index in [1.54, 1.807) is 0 Å². The van der Waals surface area contributed by atoms with E-state index in [9.17, 15) is 5.11 Å². The highest BCUT2D eigenvalue weighted by molar-refractivity contribution is 5.27. The van der Waals surface area contributed by atoms with Gasteiger partial charge < -0.3 is 9.84 Å². The van der Waals surface area contributed by atoms with Crippen LogP contribution in [-0.2, 0) is 0 Å². The van der Waals surface area contributed by atoms with Crippen LogP contribution in [-0.4, -0.2) is 42.4 Å². The lowest BCUT2D eigenvalue weighted by atomic mass is 9.97. The van der Waals surface area contributed by atoms with Crippen molar-refractivity contribution < 1.29 is 9.84 Å². The van der Waals surface area contributed by atoms with Crippen molar-refractivity contribution in [3.63, 3.8) is 0 Å². The zero-order valence-electron chi connectivity index (χ0n) is 11.3. The van der Waals surface area contributed by atoms with Gasteiger partial charge in [0, 0.05) is 19.6 Å². The van der Waals surface area contributed by atoms with Crippen molar-refractivity contribution in [2.75, 3.05) is 26.2 Å². The monoisotopic (exact) mass is 249 g/mol. The van der Waals surface area contributed by atoms with E-state index in [1.165, 1.54) is 5.56 Å². The van der Waals surface area contributed by atoms with E-state index in [1.807, 2.05) is 12.1 Å². The summed E-state index contributed by atoms with van der Waals surface area (Å²) in [7, 11) is 0. The van der Waals surface area contributed by atoms with Crippen LogP contribution in [0.4, 0.5) is 0 Å². The number of hydrogen-bond donors (Lipinski definition) is 1. The summed E-state index contributed by atoms with van der Waals surface area (Å²) < 4.78 is 5.75. The molecule has 1 N–H and O–H groups in total. The molecule has 1 aromatic rings. The minimum Gasteiger partial charge on any atom is -0.492 e. The Morgan fingerprint density at radius 1 is 1.44 bits per heavy atom. The Bertz CT molecular complexity index is 381. The molecule has 0 aliphatic carbocycles. The molecule has 0 amide bonds. The standard InChI is InChI=1S/C15H23NO2/c1-12-4-3-5-14(10-12)18-9-8-16-7-6-15(17)13(2)11-16/h3-5,10,13,15,17H,6-9,11H2,1-2H3. The molecule has 0 radical (unpaired) electrons. The minimum absolute atomic E-state index is 0.126. The number of likely N-dealkylation sites (tertiary alicyclic amines) is 1. The van der Waals surface area contributed by atoms with Gasteiger partial charge in [0.1, 0.15) is 12.4 Å². The molecule has 3 nitrogen and oxygen atoms in total. The van der Waals surface area contributed by atoms with Crippen LogP contribution in [0.1, 0.15) is 18.9 Å². The molecule has 2 unspecified atom stereocenters. The molecule has 2 atom stereocenters. The third kappa shape index (κ3) is 3.72. The number of rotatable bonds is 4. The first-order valence-corrected chi connectivity index (χ1v) is 6.75. The molecule has 1 saturated heterocycles. The predicted molar refractivity (Wildman–Crippen MR) is 72.9 cm³/mol. The third-order valence-corrected chi connectivity index (χ3v) is 3.61. The maximum absolute atomic E-state index is 9.67. The van der Waals surface area contributed by atoms with E-state index >= 15 is 0 Å². The molecular weight excluding hydrogens is 226 g/mol. The summed E-state index contributed by atoms with van der Waals surface area (Å²) in [6, 6.07) is 8.14. The maximum Gasteiger partial charge on any atom is 0.119 e. The van der Waals surface area contributed by atoms with Crippen LogP contribution in [0.2, 0.25) is 0 Å². The first kappa shape index (κ1) is 13.4. The molecule has 100 valence electrons. The van der Waals surface area contributed by atoms with Gasteiger partial charge in [-0.1, -0.05) is 19.1 Å². The number of aliphatic hydroxyl groups excluding tert-OH is 1. The van der Waals surface area contributed by atoms with E-state index in [0.717, 1.165) is 31.8 Å². The molecule has 0 bridgehead atoms. The summed E-state index contributed by atoms with van der Waals surface area (Å²) in [6.07, 6.45) is 0.755. The Labute approximate surface area is 109 Å². The molecule has 2 rings (SSSR count). The second-order valence-electron chi connectivity index (χ2n) is 5.30. The normalized spacial score (nSPS) is 25.1. The maximum atomic E-state index is 9.67. The van der Waals surface area contributed by atoms with Gasteiger partial charge in [0.25, 0.3) is 0 Å². The van der Waals surface area contributed by atoms with Crippen molar-refractivity contribution in [1.29, 1.82) is 0 Å². The highest BCUT2D eigenvalue weighted by atomic mass is 16.5. The summed E-state index contributed by atoms with van der Waals surface area (Å²) in [6.45, 7) is 7.77. The van der Waals surface area contributed by atoms with Gasteiger partial charge in [-0.15, -0.1) is 0 Å². The van der Waals surface area contributed by atoms with E-state index in [-0.39, 0.29) is 6.10 Å². The van der Waals surface area contributed by atoms with Crippen LogP contribution in [0, 0.1) is 12.8 Å². The number of benzene rings is 1. The average Bonchev–Trinajstić information content (AvgIpc) is 2.34. The average molecular weight is 249 g/mol. The van der Waals surface area contributed by atoms with Crippen LogP contribution in [0.5, 0.6) is 5.75 Å². The highest BCUT2D eigenvalue weighted by Gasteiger charge is 2.23. The van der Waals surface area contributed by atoms with Gasteiger partial charge in [-0.3, -0.25) is 4.90 Å². The molecule has 18 heavy (non-hydrogen) atoms. The van der Waals surface area contributed by atoms with Gasteiger partial charge in [-0.05, 0) is 37.0 Å². The molecule has 1 aliphatic rings. The van der Waals surface area contributed by atoms with Crippen molar-refractivity contribution >= 4 is 0 Å². The fourth-order valence-electron chi connectivity index (χ4n) is 2.42. The fraction of sp³-hybridized carbons (Fsp3) is 0.600. The lowest BCUT2D eigenvalue weighted by Crippen LogP contribution is -2.43. The topological polar surface area (TPSA) is 32.7 Å². The van der Waals surface area contributed by atoms with Gasteiger partial charge in [0.15, 0.2) is 0 Å². The number of aryl methyl sites for hydroxylation is 1. The van der Waals surface area contributed by atoms with Crippen LogP contribution < -0.4 is 4.74 Å². The van der Waals surface area contributed by atoms with E-state index in [0.29, 0.717) is 12.5 Å². The summed E-state index contributed by atoms with van der Waals surface area (Å²) in [5.41, 5.74) is 1.22. The minimum atomic E-state index is -0.126. The Morgan fingerprint density at radius 2 is 2.28 bits per heavy atom. The van der Waals surface area contributed by atoms with Gasteiger partial charge in [0.05, 0.1) is 6.10 Å². The largest absolute Gasteiger partial charge is 0.492 e. The van der Waals surface area contributed by atoms with Crippen molar-refractivity contribution in [2.24, 2.45) is 5.92 Å². The quantitative estimate of drug-likeness (QED) is 0.886. The molecule has 1 fully saturated rings. The van der Waals surface area contributed by atoms with E-state index < -0.39 is 0 Å². The first-order chi connectivity index (χ1) is 8.65. The summed E-state index contributed by atoms with van der Waals surface area (Å²) >= 11 is 0. The van der Waals surface area contributed by atoms with Crippen LogP contribution in [0.25, 0.3) is 0 Å². The zero-order valence-corrected chi connectivity index (χ0v) is 11.3. The molecule has 0 spiro atoms. The van der Waals surface area contributed by atoms with Crippen LogP contribution >= 0.6 is 0 Å².